The van der Waals surface area contributed by atoms with E-state index in [0.717, 1.165) is 36.9 Å². The summed E-state index contributed by atoms with van der Waals surface area (Å²) in [5.74, 6) is 0.287. The van der Waals surface area contributed by atoms with Gasteiger partial charge in [0, 0.05) is 11.6 Å². The molecule has 0 radical (unpaired) electrons. The fraction of sp³-hybridized carbons (Fsp3) is 0.500. The Labute approximate surface area is 102 Å². The van der Waals surface area contributed by atoms with Crippen molar-refractivity contribution < 1.29 is 9.90 Å². The van der Waals surface area contributed by atoms with E-state index in [1.54, 1.807) is 6.92 Å². The number of carbonyl (C=O) groups excluding carboxylic acids is 1. The largest absolute Gasteiger partial charge is 0.389 e. The lowest BCUT2D eigenvalue weighted by Gasteiger charge is -2.12. The van der Waals surface area contributed by atoms with Gasteiger partial charge in [0.2, 0.25) is 5.91 Å². The summed E-state index contributed by atoms with van der Waals surface area (Å²) in [4.78, 5) is 11.9. The Kier molecular flexibility index (Phi) is 3.79. The van der Waals surface area contributed by atoms with Gasteiger partial charge in [-0.3, -0.25) is 4.79 Å². The maximum Gasteiger partial charge on any atom is 0.227 e. The summed E-state index contributed by atoms with van der Waals surface area (Å²) in [6.45, 7) is 1.72. The van der Waals surface area contributed by atoms with Crippen LogP contribution in [0.15, 0.2) is 24.3 Å². The van der Waals surface area contributed by atoms with Crippen LogP contribution in [0.2, 0.25) is 0 Å². The number of aliphatic hydroxyl groups is 1. The zero-order valence-corrected chi connectivity index (χ0v) is 10.1. The lowest BCUT2D eigenvalue weighted by atomic mass is 10.1. The Morgan fingerprint density at radius 3 is 2.76 bits per heavy atom. The second-order valence-electron chi connectivity index (χ2n) is 4.77. The summed E-state index contributed by atoms with van der Waals surface area (Å²) < 4.78 is 0. The quantitative estimate of drug-likeness (QED) is 0.843. The molecule has 0 bridgehead atoms. The number of rotatable bonds is 3. The van der Waals surface area contributed by atoms with Crippen LogP contribution in [-0.2, 0) is 4.79 Å². The number of hydrogen-bond donors (Lipinski definition) is 2. The van der Waals surface area contributed by atoms with Crippen LogP contribution in [0.4, 0.5) is 5.69 Å². The van der Waals surface area contributed by atoms with Gasteiger partial charge in [-0.1, -0.05) is 25.0 Å². The molecule has 2 N–H and O–H groups in total. The van der Waals surface area contributed by atoms with Gasteiger partial charge in [0.25, 0.3) is 0 Å². The highest BCUT2D eigenvalue weighted by molar-refractivity contribution is 5.92. The van der Waals surface area contributed by atoms with Crippen molar-refractivity contribution in [3.63, 3.8) is 0 Å². The summed E-state index contributed by atoms with van der Waals surface area (Å²) in [6, 6.07) is 7.40. The average molecular weight is 233 g/mol. The van der Waals surface area contributed by atoms with Crippen molar-refractivity contribution in [2.45, 2.75) is 38.7 Å². The third kappa shape index (κ3) is 3.07. The molecule has 0 spiro atoms. The molecular formula is C14H19NO2. The normalized spacial score (nSPS) is 18.0. The SMILES string of the molecule is C[C@@H](O)c1cccc(NC(=O)C2CCCC2)c1. The van der Waals surface area contributed by atoms with Crippen molar-refractivity contribution in [3.05, 3.63) is 29.8 Å². The van der Waals surface area contributed by atoms with E-state index < -0.39 is 6.10 Å². The maximum absolute atomic E-state index is 11.9. The lowest BCUT2D eigenvalue weighted by Crippen LogP contribution is -2.20. The van der Waals surface area contributed by atoms with E-state index in [2.05, 4.69) is 5.32 Å². The minimum Gasteiger partial charge on any atom is -0.389 e. The highest BCUT2D eigenvalue weighted by Crippen LogP contribution is 2.26. The van der Waals surface area contributed by atoms with E-state index in [-0.39, 0.29) is 11.8 Å². The smallest absolute Gasteiger partial charge is 0.227 e. The van der Waals surface area contributed by atoms with Gasteiger partial charge in [-0.15, -0.1) is 0 Å². The molecule has 0 aromatic heterocycles. The zero-order valence-electron chi connectivity index (χ0n) is 10.1. The lowest BCUT2D eigenvalue weighted by molar-refractivity contribution is -0.119. The summed E-state index contributed by atoms with van der Waals surface area (Å²) in [5.41, 5.74) is 1.61. The van der Waals surface area contributed by atoms with Crippen LogP contribution in [0.25, 0.3) is 0 Å². The van der Waals surface area contributed by atoms with Crippen LogP contribution in [0.3, 0.4) is 0 Å². The number of hydrogen-bond acceptors (Lipinski definition) is 2. The Balaban J connectivity index is 2.02. The van der Waals surface area contributed by atoms with Gasteiger partial charge in [0.15, 0.2) is 0 Å². The Bertz CT molecular complexity index is 395. The van der Waals surface area contributed by atoms with Crippen molar-refractivity contribution in [1.82, 2.24) is 0 Å². The Hall–Kier alpha value is -1.35. The predicted molar refractivity (Wildman–Crippen MR) is 67.7 cm³/mol. The summed E-state index contributed by atoms with van der Waals surface area (Å²) in [6.07, 6.45) is 3.82. The van der Waals surface area contributed by atoms with Gasteiger partial charge in [-0.25, -0.2) is 0 Å². The van der Waals surface area contributed by atoms with Crippen LogP contribution in [-0.4, -0.2) is 11.0 Å². The van der Waals surface area contributed by atoms with Gasteiger partial charge in [-0.2, -0.15) is 0 Å². The minimum absolute atomic E-state index is 0.116. The summed E-state index contributed by atoms with van der Waals surface area (Å²) in [5, 5.41) is 12.4. The van der Waals surface area contributed by atoms with E-state index in [1.807, 2.05) is 24.3 Å². The molecule has 92 valence electrons. The van der Waals surface area contributed by atoms with E-state index in [1.165, 1.54) is 0 Å². The molecule has 0 heterocycles. The molecule has 3 heteroatoms. The standard InChI is InChI=1S/C14H19NO2/c1-10(16)12-7-4-8-13(9-12)15-14(17)11-5-2-3-6-11/h4,7-11,16H,2-3,5-6H2,1H3,(H,15,17)/t10-/m1/s1. The number of anilines is 1. The molecule has 1 aliphatic rings. The van der Waals surface area contributed by atoms with E-state index in [4.69, 9.17) is 0 Å². The molecule has 1 saturated carbocycles. The second kappa shape index (κ2) is 5.32. The van der Waals surface area contributed by atoms with Gasteiger partial charge in [-0.05, 0) is 37.5 Å². The van der Waals surface area contributed by atoms with Crippen LogP contribution in [0.5, 0.6) is 0 Å². The van der Waals surface area contributed by atoms with Gasteiger partial charge < -0.3 is 10.4 Å². The molecule has 3 nitrogen and oxygen atoms in total. The molecule has 17 heavy (non-hydrogen) atoms. The van der Waals surface area contributed by atoms with Crippen LogP contribution in [0, 0.1) is 5.92 Å². The van der Waals surface area contributed by atoms with Crippen molar-refractivity contribution in [1.29, 1.82) is 0 Å². The zero-order chi connectivity index (χ0) is 12.3. The van der Waals surface area contributed by atoms with E-state index >= 15 is 0 Å². The van der Waals surface area contributed by atoms with Gasteiger partial charge in [0.1, 0.15) is 0 Å². The molecule has 0 saturated heterocycles. The summed E-state index contributed by atoms with van der Waals surface area (Å²) >= 11 is 0. The topological polar surface area (TPSA) is 49.3 Å². The molecule has 1 aromatic carbocycles. The van der Waals surface area contributed by atoms with Crippen molar-refractivity contribution in [2.75, 3.05) is 5.32 Å². The number of nitrogens with one attached hydrogen (secondary N) is 1. The fourth-order valence-electron chi connectivity index (χ4n) is 2.31. The van der Waals surface area contributed by atoms with Crippen LogP contribution in [0.1, 0.15) is 44.3 Å². The van der Waals surface area contributed by atoms with Crippen LogP contribution < -0.4 is 5.32 Å². The number of aliphatic hydroxyl groups excluding tert-OH is 1. The van der Waals surface area contributed by atoms with Crippen molar-refractivity contribution in [3.8, 4) is 0 Å². The molecule has 0 unspecified atom stereocenters. The number of benzene rings is 1. The third-order valence-corrected chi connectivity index (χ3v) is 3.36. The molecule has 1 amide bonds. The summed E-state index contributed by atoms with van der Waals surface area (Å²) in [7, 11) is 0. The predicted octanol–water partition coefficient (Wildman–Crippen LogP) is 2.87. The van der Waals surface area contributed by atoms with Crippen molar-refractivity contribution in [2.24, 2.45) is 5.92 Å². The van der Waals surface area contributed by atoms with Gasteiger partial charge >= 0.3 is 0 Å². The minimum atomic E-state index is -0.502. The number of carbonyl (C=O) groups is 1. The highest BCUT2D eigenvalue weighted by atomic mass is 16.3. The molecule has 0 aliphatic heterocycles. The first-order valence-electron chi connectivity index (χ1n) is 6.25. The van der Waals surface area contributed by atoms with Crippen LogP contribution >= 0.6 is 0 Å². The second-order valence-corrected chi connectivity index (χ2v) is 4.77. The molecule has 1 aromatic rings. The first kappa shape index (κ1) is 12.1. The first-order valence-corrected chi connectivity index (χ1v) is 6.25. The number of amides is 1. The van der Waals surface area contributed by atoms with Gasteiger partial charge in [0.05, 0.1) is 6.10 Å². The maximum atomic E-state index is 11.9. The molecule has 1 atom stereocenters. The monoisotopic (exact) mass is 233 g/mol. The Morgan fingerprint density at radius 1 is 1.41 bits per heavy atom. The molecule has 2 rings (SSSR count). The van der Waals surface area contributed by atoms with E-state index in [0.29, 0.717) is 0 Å². The average Bonchev–Trinajstić information content (AvgIpc) is 2.82. The molecular weight excluding hydrogens is 214 g/mol. The third-order valence-electron chi connectivity index (χ3n) is 3.36. The fourth-order valence-corrected chi connectivity index (χ4v) is 2.31. The molecule has 1 fully saturated rings. The highest BCUT2D eigenvalue weighted by Gasteiger charge is 2.22. The molecule has 1 aliphatic carbocycles. The van der Waals surface area contributed by atoms with E-state index in [9.17, 15) is 9.90 Å². The Morgan fingerprint density at radius 2 is 2.12 bits per heavy atom. The first-order chi connectivity index (χ1) is 8.16. The van der Waals surface area contributed by atoms with Crippen molar-refractivity contribution >= 4 is 11.6 Å².